The summed E-state index contributed by atoms with van der Waals surface area (Å²) in [5.74, 6) is 0.513. The van der Waals surface area contributed by atoms with Crippen molar-refractivity contribution in [2.75, 3.05) is 0 Å². The average molecular weight is 175 g/mol. The molecule has 13 heavy (non-hydrogen) atoms. The number of hydrogen-bond acceptors (Lipinski definition) is 1. The number of aryl methyl sites for hydroxylation is 2. The lowest BCUT2D eigenvalue weighted by Gasteiger charge is -2.03. The van der Waals surface area contributed by atoms with Crippen LogP contribution in [0, 0.1) is 19.8 Å². The molecule has 1 rings (SSSR count). The van der Waals surface area contributed by atoms with E-state index in [2.05, 4.69) is 50.9 Å². The Kier molecular flexibility index (Phi) is 3.24. The van der Waals surface area contributed by atoms with Gasteiger partial charge in [-0.05, 0) is 30.9 Å². The molecule has 0 bridgehead atoms. The van der Waals surface area contributed by atoms with Crippen LogP contribution in [0.1, 0.15) is 25.0 Å². The summed E-state index contributed by atoms with van der Waals surface area (Å²) in [4.78, 5) is 4.48. The molecule has 1 aromatic carbocycles. The van der Waals surface area contributed by atoms with Crippen molar-refractivity contribution < 1.29 is 0 Å². The molecule has 70 valence electrons. The van der Waals surface area contributed by atoms with Crippen LogP contribution >= 0.6 is 0 Å². The first kappa shape index (κ1) is 9.97. The van der Waals surface area contributed by atoms with E-state index in [-0.39, 0.29) is 0 Å². The van der Waals surface area contributed by atoms with Crippen molar-refractivity contribution in [1.29, 1.82) is 0 Å². The van der Waals surface area contributed by atoms with Crippen molar-refractivity contribution in [2.24, 2.45) is 10.9 Å². The molecular weight excluding hydrogens is 158 g/mol. The maximum Gasteiger partial charge on any atom is 0.0684 e. The first-order chi connectivity index (χ1) is 6.11. The molecule has 0 atom stereocenters. The number of nitrogens with zero attached hydrogens (tertiary/aromatic N) is 1. The molecule has 1 heteroatoms. The summed E-state index contributed by atoms with van der Waals surface area (Å²) in [7, 11) is 0. The van der Waals surface area contributed by atoms with E-state index < -0.39 is 0 Å². The van der Waals surface area contributed by atoms with Gasteiger partial charge in [-0.15, -0.1) is 0 Å². The highest BCUT2D eigenvalue weighted by atomic mass is 14.7. The Morgan fingerprint density at radius 2 is 1.69 bits per heavy atom. The quantitative estimate of drug-likeness (QED) is 0.608. The molecule has 0 heterocycles. The van der Waals surface area contributed by atoms with Gasteiger partial charge in [-0.3, -0.25) is 4.99 Å². The van der Waals surface area contributed by atoms with E-state index in [1.54, 1.807) is 0 Å². The van der Waals surface area contributed by atoms with Gasteiger partial charge in [0.25, 0.3) is 0 Å². The van der Waals surface area contributed by atoms with Crippen molar-refractivity contribution >= 4 is 11.9 Å². The molecule has 0 fully saturated rings. The van der Waals surface area contributed by atoms with E-state index in [9.17, 15) is 0 Å². The molecule has 0 aromatic heterocycles. The van der Waals surface area contributed by atoms with E-state index in [0.717, 1.165) is 5.69 Å². The Morgan fingerprint density at radius 1 is 1.15 bits per heavy atom. The zero-order valence-electron chi connectivity index (χ0n) is 8.83. The largest absolute Gasteiger partial charge is 0.260 e. The lowest BCUT2D eigenvalue weighted by Crippen LogP contribution is -1.87. The lowest BCUT2D eigenvalue weighted by atomic mass is 10.1. The summed E-state index contributed by atoms with van der Waals surface area (Å²) < 4.78 is 0. The smallest absolute Gasteiger partial charge is 0.0684 e. The SMILES string of the molecule is Cc1cccc(C)c1/N=C/C(C)C. The van der Waals surface area contributed by atoms with E-state index in [1.165, 1.54) is 11.1 Å². The Labute approximate surface area is 80.5 Å². The predicted molar refractivity (Wildman–Crippen MR) is 58.9 cm³/mol. The van der Waals surface area contributed by atoms with Crippen LogP contribution in [-0.4, -0.2) is 6.21 Å². The molecule has 0 radical (unpaired) electrons. The van der Waals surface area contributed by atoms with Gasteiger partial charge in [-0.25, -0.2) is 0 Å². The molecule has 0 amide bonds. The summed E-state index contributed by atoms with van der Waals surface area (Å²) >= 11 is 0. The molecule has 0 unspecified atom stereocenters. The summed E-state index contributed by atoms with van der Waals surface area (Å²) in [6.07, 6.45) is 2.00. The van der Waals surface area contributed by atoms with E-state index in [0.29, 0.717) is 5.92 Å². The molecule has 0 aliphatic heterocycles. The lowest BCUT2D eigenvalue weighted by molar-refractivity contribution is 0.907. The highest BCUT2D eigenvalue weighted by Gasteiger charge is 1.98. The van der Waals surface area contributed by atoms with Gasteiger partial charge in [0.05, 0.1) is 5.69 Å². The fraction of sp³-hybridized carbons (Fsp3) is 0.417. The molecule has 1 aromatic rings. The summed E-state index contributed by atoms with van der Waals surface area (Å²) in [5.41, 5.74) is 3.62. The van der Waals surface area contributed by atoms with Crippen LogP contribution in [0.4, 0.5) is 5.69 Å². The summed E-state index contributed by atoms with van der Waals surface area (Å²) in [6, 6.07) is 6.26. The maximum atomic E-state index is 4.48. The standard InChI is InChI=1S/C12H17N/c1-9(2)8-13-12-10(3)6-5-7-11(12)4/h5-9H,1-4H3/b13-8+. The van der Waals surface area contributed by atoms with Gasteiger partial charge in [-0.1, -0.05) is 32.0 Å². The molecule has 0 N–H and O–H groups in total. The third-order valence-electron chi connectivity index (χ3n) is 1.94. The van der Waals surface area contributed by atoms with Crippen molar-refractivity contribution in [3.8, 4) is 0 Å². The zero-order valence-corrected chi connectivity index (χ0v) is 8.83. The van der Waals surface area contributed by atoms with Crippen LogP contribution in [0.5, 0.6) is 0 Å². The highest BCUT2D eigenvalue weighted by molar-refractivity contribution is 5.67. The van der Waals surface area contributed by atoms with E-state index >= 15 is 0 Å². The number of rotatable bonds is 2. The van der Waals surface area contributed by atoms with Crippen molar-refractivity contribution in [2.45, 2.75) is 27.7 Å². The second-order valence-electron chi connectivity index (χ2n) is 3.76. The molecule has 0 spiro atoms. The second-order valence-corrected chi connectivity index (χ2v) is 3.76. The Balaban J connectivity index is 3.00. The first-order valence-electron chi connectivity index (χ1n) is 4.71. The highest BCUT2D eigenvalue weighted by Crippen LogP contribution is 2.22. The van der Waals surface area contributed by atoms with Gasteiger partial charge in [0.2, 0.25) is 0 Å². The number of aliphatic imine (C=N–C) groups is 1. The third-order valence-corrected chi connectivity index (χ3v) is 1.94. The fourth-order valence-corrected chi connectivity index (χ4v) is 1.23. The minimum absolute atomic E-state index is 0.513. The van der Waals surface area contributed by atoms with Crippen LogP contribution in [0.3, 0.4) is 0 Å². The maximum absolute atomic E-state index is 4.48. The van der Waals surface area contributed by atoms with Crippen LogP contribution in [0.15, 0.2) is 23.2 Å². The van der Waals surface area contributed by atoms with Crippen LogP contribution in [0.2, 0.25) is 0 Å². The molecule has 0 saturated carbocycles. The average Bonchev–Trinajstić information content (AvgIpc) is 2.03. The Bertz CT molecular complexity index is 291. The third kappa shape index (κ3) is 2.69. The van der Waals surface area contributed by atoms with Gasteiger partial charge < -0.3 is 0 Å². The fourth-order valence-electron chi connectivity index (χ4n) is 1.23. The van der Waals surface area contributed by atoms with Gasteiger partial charge in [0.15, 0.2) is 0 Å². The van der Waals surface area contributed by atoms with E-state index in [1.807, 2.05) is 6.21 Å². The first-order valence-corrected chi connectivity index (χ1v) is 4.71. The Hall–Kier alpha value is -1.11. The van der Waals surface area contributed by atoms with Crippen molar-refractivity contribution in [1.82, 2.24) is 0 Å². The summed E-state index contributed by atoms with van der Waals surface area (Å²) in [6.45, 7) is 8.47. The molecule has 0 aliphatic rings. The molecule has 1 nitrogen and oxygen atoms in total. The molecule has 0 saturated heterocycles. The van der Waals surface area contributed by atoms with Gasteiger partial charge in [-0.2, -0.15) is 0 Å². The minimum Gasteiger partial charge on any atom is -0.260 e. The van der Waals surface area contributed by atoms with Gasteiger partial charge >= 0.3 is 0 Å². The van der Waals surface area contributed by atoms with Crippen molar-refractivity contribution in [3.05, 3.63) is 29.3 Å². The number of benzene rings is 1. The van der Waals surface area contributed by atoms with Crippen LogP contribution in [0.25, 0.3) is 0 Å². The van der Waals surface area contributed by atoms with Crippen LogP contribution < -0.4 is 0 Å². The second kappa shape index (κ2) is 4.22. The number of hydrogen-bond donors (Lipinski definition) is 0. The van der Waals surface area contributed by atoms with Gasteiger partial charge in [0, 0.05) is 6.21 Å². The van der Waals surface area contributed by atoms with Crippen LogP contribution in [-0.2, 0) is 0 Å². The van der Waals surface area contributed by atoms with Crippen molar-refractivity contribution in [3.63, 3.8) is 0 Å². The topological polar surface area (TPSA) is 12.4 Å². The summed E-state index contributed by atoms with van der Waals surface area (Å²) in [5, 5.41) is 0. The monoisotopic (exact) mass is 175 g/mol. The zero-order chi connectivity index (χ0) is 9.84. The minimum atomic E-state index is 0.513. The molecular formula is C12H17N. The number of para-hydroxylation sites is 1. The Morgan fingerprint density at radius 3 is 2.15 bits per heavy atom. The van der Waals surface area contributed by atoms with E-state index in [4.69, 9.17) is 0 Å². The normalized spacial score (nSPS) is 11.5. The molecule has 0 aliphatic carbocycles. The van der Waals surface area contributed by atoms with Gasteiger partial charge in [0.1, 0.15) is 0 Å². The predicted octanol–water partition coefficient (Wildman–Crippen LogP) is 3.66.